The third kappa shape index (κ3) is 5.04. The van der Waals surface area contributed by atoms with Gasteiger partial charge in [0.05, 0.1) is 11.5 Å². The Bertz CT molecular complexity index is 370. The molecule has 2 fully saturated rings. The number of sulfone groups is 1. The molecule has 0 aliphatic carbocycles. The zero-order chi connectivity index (χ0) is 13.7. The Kier molecular flexibility index (Phi) is 5.66. The van der Waals surface area contributed by atoms with Gasteiger partial charge in [0.15, 0.2) is 9.84 Å². The van der Waals surface area contributed by atoms with E-state index in [1.54, 1.807) is 0 Å². The lowest BCUT2D eigenvalue weighted by molar-refractivity contribution is 0.264. The van der Waals surface area contributed by atoms with E-state index in [0.717, 1.165) is 18.9 Å². The summed E-state index contributed by atoms with van der Waals surface area (Å²) in [6.45, 7) is 6.35. The van der Waals surface area contributed by atoms with E-state index in [1.165, 1.54) is 38.8 Å². The van der Waals surface area contributed by atoms with Crippen molar-refractivity contribution in [1.29, 1.82) is 0 Å². The van der Waals surface area contributed by atoms with Crippen LogP contribution in [-0.2, 0) is 9.84 Å². The van der Waals surface area contributed by atoms with Gasteiger partial charge in [0.25, 0.3) is 0 Å². The van der Waals surface area contributed by atoms with E-state index in [0.29, 0.717) is 18.1 Å². The minimum absolute atomic E-state index is 0.170. The van der Waals surface area contributed by atoms with Crippen LogP contribution < -0.4 is 5.32 Å². The number of hydrogen-bond acceptors (Lipinski definition) is 4. The first-order valence-corrected chi connectivity index (χ1v) is 9.57. The van der Waals surface area contributed by atoms with Crippen molar-refractivity contribution in [1.82, 2.24) is 10.2 Å². The Morgan fingerprint density at radius 1 is 1.26 bits per heavy atom. The van der Waals surface area contributed by atoms with Gasteiger partial charge in [0, 0.05) is 12.6 Å². The van der Waals surface area contributed by atoms with Gasteiger partial charge in [-0.25, -0.2) is 8.42 Å². The Morgan fingerprint density at radius 3 is 2.84 bits per heavy atom. The van der Waals surface area contributed by atoms with E-state index in [1.807, 2.05) is 0 Å². The summed E-state index contributed by atoms with van der Waals surface area (Å²) in [5, 5.41) is 3.34. The smallest absolute Gasteiger partial charge is 0.153 e. The van der Waals surface area contributed by atoms with Gasteiger partial charge in [-0.2, -0.15) is 0 Å². The topological polar surface area (TPSA) is 49.4 Å². The van der Waals surface area contributed by atoms with Crippen molar-refractivity contribution < 1.29 is 8.42 Å². The standard InChI is InChI=1S/C14H28N2O2S/c1-2-13-4-3-8-16(9-5-13)10-6-14-12-19(17,18)11-7-15-14/h13-15H,2-12H2,1H3. The molecule has 2 rings (SSSR count). The molecule has 19 heavy (non-hydrogen) atoms. The van der Waals surface area contributed by atoms with Crippen LogP contribution >= 0.6 is 0 Å². The third-order valence-electron chi connectivity index (χ3n) is 4.61. The Balaban J connectivity index is 1.73. The van der Waals surface area contributed by atoms with E-state index >= 15 is 0 Å². The SMILES string of the molecule is CCC1CCCN(CCC2CS(=O)(=O)CCN2)CC1. The van der Waals surface area contributed by atoms with Crippen molar-refractivity contribution in [2.24, 2.45) is 5.92 Å². The molecule has 0 aromatic carbocycles. The largest absolute Gasteiger partial charge is 0.312 e. The predicted octanol–water partition coefficient (Wildman–Crippen LogP) is 1.28. The maximum Gasteiger partial charge on any atom is 0.153 e. The number of nitrogens with zero attached hydrogens (tertiary/aromatic N) is 1. The molecule has 0 amide bonds. The summed E-state index contributed by atoms with van der Waals surface area (Å²) < 4.78 is 23.2. The van der Waals surface area contributed by atoms with Crippen molar-refractivity contribution in [2.45, 2.75) is 45.1 Å². The van der Waals surface area contributed by atoms with Gasteiger partial charge in [-0.15, -0.1) is 0 Å². The second-order valence-corrected chi connectivity index (χ2v) is 8.33. The van der Waals surface area contributed by atoms with E-state index in [9.17, 15) is 8.42 Å². The molecule has 0 bridgehead atoms. The maximum atomic E-state index is 11.6. The Morgan fingerprint density at radius 2 is 2.11 bits per heavy atom. The Hall–Kier alpha value is -0.130. The van der Waals surface area contributed by atoms with Gasteiger partial charge in [-0.05, 0) is 51.2 Å². The van der Waals surface area contributed by atoms with Crippen molar-refractivity contribution in [3.05, 3.63) is 0 Å². The summed E-state index contributed by atoms with van der Waals surface area (Å²) >= 11 is 0. The first-order valence-electron chi connectivity index (χ1n) is 7.75. The first kappa shape index (κ1) is 15.3. The summed E-state index contributed by atoms with van der Waals surface area (Å²) in [5.74, 6) is 1.54. The van der Waals surface area contributed by atoms with E-state index in [2.05, 4.69) is 17.1 Å². The van der Waals surface area contributed by atoms with Crippen LogP contribution in [0.3, 0.4) is 0 Å². The average Bonchev–Trinajstić information content (AvgIpc) is 2.60. The van der Waals surface area contributed by atoms with Gasteiger partial charge in [0.2, 0.25) is 0 Å². The van der Waals surface area contributed by atoms with Crippen molar-refractivity contribution in [3.63, 3.8) is 0 Å². The molecular formula is C14H28N2O2S. The van der Waals surface area contributed by atoms with Crippen LogP contribution in [0.15, 0.2) is 0 Å². The van der Waals surface area contributed by atoms with Gasteiger partial charge >= 0.3 is 0 Å². The van der Waals surface area contributed by atoms with Crippen LogP contribution in [0.4, 0.5) is 0 Å². The molecule has 1 N–H and O–H groups in total. The van der Waals surface area contributed by atoms with Crippen LogP contribution in [0.2, 0.25) is 0 Å². The lowest BCUT2D eigenvalue weighted by atomic mass is 9.98. The van der Waals surface area contributed by atoms with Crippen LogP contribution in [0, 0.1) is 5.92 Å². The molecule has 112 valence electrons. The summed E-state index contributed by atoms with van der Waals surface area (Å²) in [6, 6.07) is 0.170. The lowest BCUT2D eigenvalue weighted by Gasteiger charge is -2.27. The quantitative estimate of drug-likeness (QED) is 0.846. The van der Waals surface area contributed by atoms with Gasteiger partial charge in [-0.1, -0.05) is 13.3 Å². The highest BCUT2D eigenvalue weighted by Gasteiger charge is 2.24. The molecule has 2 aliphatic rings. The molecule has 2 aliphatic heterocycles. The van der Waals surface area contributed by atoms with E-state index in [4.69, 9.17) is 0 Å². The summed E-state index contributed by atoms with van der Waals surface area (Å²) in [6.07, 6.45) is 6.25. The molecule has 5 heteroatoms. The molecule has 2 atom stereocenters. The Labute approximate surface area is 117 Å². The molecule has 4 nitrogen and oxygen atoms in total. The fraction of sp³-hybridized carbons (Fsp3) is 1.00. The average molecular weight is 288 g/mol. The second kappa shape index (κ2) is 7.04. The third-order valence-corrected chi connectivity index (χ3v) is 6.35. The monoisotopic (exact) mass is 288 g/mol. The number of nitrogens with one attached hydrogen (secondary N) is 1. The normalized spacial score (nSPS) is 32.9. The molecule has 0 saturated carbocycles. The molecule has 2 unspecified atom stereocenters. The molecule has 0 radical (unpaired) electrons. The zero-order valence-electron chi connectivity index (χ0n) is 12.1. The summed E-state index contributed by atoms with van der Waals surface area (Å²) in [5.41, 5.74) is 0. The summed E-state index contributed by atoms with van der Waals surface area (Å²) in [4.78, 5) is 2.53. The van der Waals surface area contributed by atoms with E-state index < -0.39 is 9.84 Å². The maximum absolute atomic E-state index is 11.6. The van der Waals surface area contributed by atoms with Crippen LogP contribution in [0.25, 0.3) is 0 Å². The summed E-state index contributed by atoms with van der Waals surface area (Å²) in [7, 11) is -2.79. The molecule has 0 aromatic heterocycles. The number of rotatable bonds is 4. The minimum Gasteiger partial charge on any atom is -0.312 e. The van der Waals surface area contributed by atoms with E-state index in [-0.39, 0.29) is 6.04 Å². The molecular weight excluding hydrogens is 260 g/mol. The number of likely N-dealkylation sites (tertiary alicyclic amines) is 1. The van der Waals surface area contributed by atoms with Crippen molar-refractivity contribution in [2.75, 3.05) is 37.7 Å². The van der Waals surface area contributed by atoms with Gasteiger partial charge < -0.3 is 10.2 Å². The van der Waals surface area contributed by atoms with Crippen LogP contribution in [0.1, 0.15) is 39.0 Å². The van der Waals surface area contributed by atoms with Crippen molar-refractivity contribution >= 4 is 9.84 Å². The highest BCUT2D eigenvalue weighted by molar-refractivity contribution is 7.91. The highest BCUT2D eigenvalue weighted by atomic mass is 32.2. The minimum atomic E-state index is -2.79. The second-order valence-electron chi connectivity index (χ2n) is 6.10. The molecule has 0 aromatic rings. The first-order chi connectivity index (χ1) is 9.09. The highest BCUT2D eigenvalue weighted by Crippen LogP contribution is 2.20. The zero-order valence-corrected chi connectivity index (χ0v) is 12.9. The fourth-order valence-corrected chi connectivity index (χ4v) is 4.74. The van der Waals surface area contributed by atoms with Crippen LogP contribution in [-0.4, -0.2) is 57.0 Å². The lowest BCUT2D eigenvalue weighted by Crippen LogP contribution is -2.46. The molecule has 2 saturated heterocycles. The fourth-order valence-electron chi connectivity index (χ4n) is 3.25. The van der Waals surface area contributed by atoms with Crippen molar-refractivity contribution in [3.8, 4) is 0 Å². The van der Waals surface area contributed by atoms with Gasteiger partial charge in [-0.3, -0.25) is 0 Å². The van der Waals surface area contributed by atoms with Gasteiger partial charge in [0.1, 0.15) is 0 Å². The predicted molar refractivity (Wildman–Crippen MR) is 79.1 cm³/mol. The van der Waals surface area contributed by atoms with Crippen LogP contribution in [0.5, 0.6) is 0 Å². The molecule has 2 heterocycles. The molecule has 0 spiro atoms. The number of hydrogen-bond donors (Lipinski definition) is 1.